The van der Waals surface area contributed by atoms with Gasteiger partial charge in [0.05, 0.1) is 5.25 Å². The molecule has 0 spiro atoms. The molecule has 1 fully saturated rings. The van der Waals surface area contributed by atoms with E-state index in [9.17, 15) is 0 Å². The molecule has 2 nitrogen and oxygen atoms in total. The zero-order valence-electron chi connectivity index (χ0n) is 11.5. The summed E-state index contributed by atoms with van der Waals surface area (Å²) >= 11 is 6.02. The van der Waals surface area contributed by atoms with E-state index in [-0.39, 0.29) is 5.54 Å². The van der Waals surface area contributed by atoms with Gasteiger partial charge in [-0.1, -0.05) is 6.92 Å². The summed E-state index contributed by atoms with van der Waals surface area (Å²) in [4.78, 5) is 5.99. The number of thioether (sulfide) groups is 2. The van der Waals surface area contributed by atoms with Gasteiger partial charge in [-0.25, -0.2) is 4.98 Å². The Hall–Kier alpha value is 0.290. The second-order valence-corrected chi connectivity index (χ2v) is 9.52. The summed E-state index contributed by atoms with van der Waals surface area (Å²) in [6.07, 6.45) is 2.05. The lowest BCUT2D eigenvalue weighted by Gasteiger charge is -2.25. The summed E-state index contributed by atoms with van der Waals surface area (Å²) in [5.74, 6) is 2.54. The molecule has 1 aliphatic heterocycles. The predicted molar refractivity (Wildman–Crippen MR) is 85.8 cm³/mol. The molecule has 18 heavy (non-hydrogen) atoms. The van der Waals surface area contributed by atoms with Crippen LogP contribution in [0.15, 0.2) is 6.20 Å². The Labute approximate surface area is 123 Å². The molecule has 1 N–H and O–H groups in total. The largest absolute Gasteiger partial charge is 0.307 e. The summed E-state index contributed by atoms with van der Waals surface area (Å²) in [7, 11) is 0. The first-order valence-electron chi connectivity index (χ1n) is 6.38. The van der Waals surface area contributed by atoms with Crippen molar-refractivity contribution in [1.29, 1.82) is 0 Å². The van der Waals surface area contributed by atoms with Gasteiger partial charge in [-0.05, 0) is 20.8 Å². The molecule has 0 aliphatic carbocycles. The molecule has 5 heteroatoms. The Morgan fingerprint density at radius 3 is 2.72 bits per heavy atom. The van der Waals surface area contributed by atoms with Gasteiger partial charge in [0, 0.05) is 39.9 Å². The lowest BCUT2D eigenvalue weighted by molar-refractivity contribution is 0.426. The second-order valence-electron chi connectivity index (χ2n) is 5.64. The Balaban J connectivity index is 1.97. The zero-order chi connectivity index (χ0) is 13.2. The van der Waals surface area contributed by atoms with Crippen LogP contribution in [0.2, 0.25) is 0 Å². The molecule has 0 amide bonds. The third-order valence-electron chi connectivity index (χ3n) is 2.80. The van der Waals surface area contributed by atoms with E-state index in [4.69, 9.17) is 0 Å². The van der Waals surface area contributed by atoms with Crippen molar-refractivity contribution in [2.75, 3.05) is 11.5 Å². The molecule has 2 rings (SSSR count). The minimum Gasteiger partial charge on any atom is -0.307 e. The number of hydrogen-bond acceptors (Lipinski definition) is 5. The highest BCUT2D eigenvalue weighted by atomic mass is 32.2. The Bertz CT molecular complexity index is 384. The van der Waals surface area contributed by atoms with Crippen molar-refractivity contribution in [1.82, 2.24) is 10.3 Å². The van der Waals surface area contributed by atoms with Crippen molar-refractivity contribution in [3.63, 3.8) is 0 Å². The van der Waals surface area contributed by atoms with Crippen LogP contribution in [-0.2, 0) is 6.54 Å². The van der Waals surface area contributed by atoms with Crippen molar-refractivity contribution < 1.29 is 0 Å². The fraction of sp³-hybridized carbons (Fsp3) is 0.769. The number of thiazole rings is 1. The fourth-order valence-corrected chi connectivity index (χ4v) is 5.82. The van der Waals surface area contributed by atoms with Gasteiger partial charge in [0.25, 0.3) is 0 Å². The van der Waals surface area contributed by atoms with Crippen LogP contribution < -0.4 is 5.32 Å². The quantitative estimate of drug-likeness (QED) is 0.914. The van der Waals surface area contributed by atoms with Crippen molar-refractivity contribution in [2.24, 2.45) is 0 Å². The van der Waals surface area contributed by atoms with Crippen LogP contribution in [0, 0.1) is 0 Å². The molecule has 2 unspecified atom stereocenters. The molecule has 0 aromatic carbocycles. The second kappa shape index (κ2) is 6.16. The smallest absolute Gasteiger partial charge is 0.107 e. The first-order valence-corrected chi connectivity index (χ1v) is 9.30. The van der Waals surface area contributed by atoms with Crippen LogP contribution in [-0.4, -0.2) is 27.3 Å². The summed E-state index contributed by atoms with van der Waals surface area (Å²) in [6.45, 7) is 9.86. The van der Waals surface area contributed by atoms with E-state index in [1.54, 1.807) is 0 Å². The molecule has 1 aliphatic rings. The van der Waals surface area contributed by atoms with Gasteiger partial charge in [-0.2, -0.15) is 11.8 Å². The summed E-state index contributed by atoms with van der Waals surface area (Å²) in [6, 6.07) is 0. The number of aromatic nitrogens is 1. The number of hydrogen-bond donors (Lipinski definition) is 1. The van der Waals surface area contributed by atoms with Gasteiger partial charge in [0.1, 0.15) is 5.01 Å². The first-order chi connectivity index (χ1) is 8.46. The van der Waals surface area contributed by atoms with E-state index >= 15 is 0 Å². The van der Waals surface area contributed by atoms with Crippen LogP contribution in [0.5, 0.6) is 0 Å². The highest BCUT2D eigenvalue weighted by Crippen LogP contribution is 2.43. The maximum absolute atomic E-state index is 4.64. The van der Waals surface area contributed by atoms with Crippen LogP contribution in [0.1, 0.15) is 42.8 Å². The van der Waals surface area contributed by atoms with Crippen molar-refractivity contribution in [3.8, 4) is 0 Å². The third-order valence-corrected chi connectivity index (χ3v) is 7.12. The summed E-state index contributed by atoms with van der Waals surface area (Å²) < 4.78 is 0. The first kappa shape index (κ1) is 14.7. The average Bonchev–Trinajstić information content (AvgIpc) is 2.75. The van der Waals surface area contributed by atoms with Gasteiger partial charge in [-0.15, -0.1) is 23.1 Å². The highest BCUT2D eigenvalue weighted by Gasteiger charge is 2.26. The van der Waals surface area contributed by atoms with E-state index in [0.29, 0.717) is 10.5 Å². The molecule has 2 atom stereocenters. The van der Waals surface area contributed by atoms with E-state index in [2.05, 4.69) is 61.5 Å². The van der Waals surface area contributed by atoms with Crippen LogP contribution in [0.4, 0.5) is 0 Å². The van der Waals surface area contributed by atoms with Crippen LogP contribution >= 0.6 is 34.9 Å². The van der Waals surface area contributed by atoms with E-state index < -0.39 is 0 Å². The molecule has 2 heterocycles. The molecule has 0 bridgehead atoms. The van der Waals surface area contributed by atoms with Crippen LogP contribution in [0.3, 0.4) is 0 Å². The molecular weight excluding hydrogens is 280 g/mol. The van der Waals surface area contributed by atoms with E-state index in [0.717, 1.165) is 6.54 Å². The van der Waals surface area contributed by atoms with Crippen LogP contribution in [0.25, 0.3) is 0 Å². The highest BCUT2D eigenvalue weighted by molar-refractivity contribution is 8.06. The van der Waals surface area contributed by atoms with E-state index in [1.807, 2.05) is 17.5 Å². The molecular formula is C13H22N2S3. The SMILES string of the molecule is CC1SCCSC1c1ncc(CNC(C)(C)C)s1. The monoisotopic (exact) mass is 302 g/mol. The topological polar surface area (TPSA) is 24.9 Å². The number of nitrogens with zero attached hydrogens (tertiary/aromatic N) is 1. The van der Waals surface area contributed by atoms with Crippen molar-refractivity contribution in [3.05, 3.63) is 16.1 Å². The number of nitrogens with one attached hydrogen (secondary N) is 1. The van der Waals surface area contributed by atoms with Crippen molar-refractivity contribution >= 4 is 34.9 Å². The molecule has 102 valence electrons. The molecule has 1 aromatic heterocycles. The Morgan fingerprint density at radius 1 is 1.33 bits per heavy atom. The third kappa shape index (κ3) is 4.15. The molecule has 0 saturated carbocycles. The summed E-state index contributed by atoms with van der Waals surface area (Å²) in [5.41, 5.74) is 0.173. The summed E-state index contributed by atoms with van der Waals surface area (Å²) in [5, 5.41) is 6.12. The lowest BCUT2D eigenvalue weighted by atomic mass is 10.1. The lowest BCUT2D eigenvalue weighted by Crippen LogP contribution is -2.34. The van der Waals surface area contributed by atoms with Gasteiger partial charge in [0.15, 0.2) is 0 Å². The number of rotatable bonds is 3. The zero-order valence-corrected chi connectivity index (χ0v) is 14.0. The maximum Gasteiger partial charge on any atom is 0.107 e. The van der Waals surface area contributed by atoms with Crippen molar-refractivity contribution in [2.45, 2.75) is 50.3 Å². The average molecular weight is 303 g/mol. The minimum absolute atomic E-state index is 0.173. The molecule has 1 saturated heterocycles. The fourth-order valence-electron chi connectivity index (χ4n) is 1.79. The van der Waals surface area contributed by atoms with Gasteiger partial charge in [-0.3, -0.25) is 0 Å². The maximum atomic E-state index is 4.64. The van der Waals surface area contributed by atoms with Gasteiger partial charge >= 0.3 is 0 Å². The Morgan fingerprint density at radius 2 is 2.06 bits per heavy atom. The molecule has 0 radical (unpaired) electrons. The predicted octanol–water partition coefficient (Wildman–Crippen LogP) is 3.94. The van der Waals surface area contributed by atoms with E-state index in [1.165, 1.54) is 21.4 Å². The minimum atomic E-state index is 0.173. The van der Waals surface area contributed by atoms with Gasteiger partial charge in [0.2, 0.25) is 0 Å². The molecule has 1 aromatic rings. The normalized spacial score (nSPS) is 25.3. The van der Waals surface area contributed by atoms with Gasteiger partial charge < -0.3 is 5.32 Å². The Kier molecular flexibility index (Phi) is 5.03. The standard InChI is InChI=1S/C13H22N2S3/c1-9-11(17-6-5-16-9)12-14-7-10(18-12)8-15-13(2,3)4/h7,9,11,15H,5-6,8H2,1-4H3.